The molecule has 0 amide bonds. The summed E-state index contributed by atoms with van der Waals surface area (Å²) < 4.78 is 16.0. The van der Waals surface area contributed by atoms with Crippen LogP contribution in [-0.2, 0) is 25.7 Å². The lowest BCUT2D eigenvalue weighted by atomic mass is 9.82. The van der Waals surface area contributed by atoms with E-state index in [1.807, 2.05) is 59.5 Å². The van der Waals surface area contributed by atoms with Crippen LogP contribution in [0.4, 0.5) is 5.69 Å². The fourth-order valence-corrected chi connectivity index (χ4v) is 4.09. The molecule has 0 saturated carbocycles. The molecule has 2 aliphatic heterocycles. The molecule has 4 rings (SSSR count). The number of carbonyl (C=O) groups excluding carboxylic acids is 2. The molecule has 0 spiro atoms. The van der Waals surface area contributed by atoms with Gasteiger partial charge in [0.05, 0.1) is 14.2 Å². The van der Waals surface area contributed by atoms with Crippen LogP contribution in [0.5, 0.6) is 5.75 Å². The number of fused-ring (bicyclic) bond motifs is 3. The van der Waals surface area contributed by atoms with Crippen molar-refractivity contribution in [2.75, 3.05) is 25.7 Å². The van der Waals surface area contributed by atoms with Gasteiger partial charge in [0, 0.05) is 12.2 Å². The van der Waals surface area contributed by atoms with Gasteiger partial charge in [0.2, 0.25) is 0 Å². The fraction of sp³-hybridized carbons (Fsp3) is 0.273. The van der Waals surface area contributed by atoms with Gasteiger partial charge in [-0.05, 0) is 35.4 Å². The van der Waals surface area contributed by atoms with Crippen LogP contribution >= 0.6 is 0 Å². The average molecular weight is 379 g/mol. The number of ether oxygens (including phenoxy) is 3. The minimum atomic E-state index is -1.22. The molecule has 2 aliphatic rings. The molecule has 6 nitrogen and oxygen atoms in total. The molecule has 0 aromatic heterocycles. The maximum atomic E-state index is 12.8. The van der Waals surface area contributed by atoms with E-state index in [4.69, 9.17) is 14.2 Å². The van der Waals surface area contributed by atoms with Gasteiger partial charge in [-0.3, -0.25) is 4.79 Å². The molecule has 2 heterocycles. The summed E-state index contributed by atoms with van der Waals surface area (Å²) in [6, 6.07) is 15.4. The summed E-state index contributed by atoms with van der Waals surface area (Å²) in [6.07, 6.45) is 3.61. The number of benzene rings is 2. The van der Waals surface area contributed by atoms with E-state index in [-0.39, 0.29) is 0 Å². The molecule has 28 heavy (non-hydrogen) atoms. The highest BCUT2D eigenvalue weighted by Crippen LogP contribution is 2.52. The first-order valence-corrected chi connectivity index (χ1v) is 9.04. The van der Waals surface area contributed by atoms with Crippen molar-refractivity contribution in [2.45, 2.75) is 18.1 Å². The number of anilines is 1. The highest BCUT2D eigenvalue weighted by atomic mass is 16.5. The molecule has 0 bridgehead atoms. The number of rotatable bonds is 5. The molecule has 6 heteroatoms. The van der Waals surface area contributed by atoms with Crippen molar-refractivity contribution in [3.63, 3.8) is 0 Å². The lowest BCUT2D eigenvalue weighted by Gasteiger charge is -2.33. The fourth-order valence-electron chi connectivity index (χ4n) is 4.09. The second kappa shape index (κ2) is 7.03. The maximum Gasteiger partial charge on any atom is 0.337 e. The molecule has 2 aromatic carbocycles. The van der Waals surface area contributed by atoms with E-state index < -0.39 is 23.4 Å². The second-order valence-corrected chi connectivity index (χ2v) is 6.78. The van der Waals surface area contributed by atoms with Gasteiger partial charge >= 0.3 is 11.9 Å². The van der Waals surface area contributed by atoms with Crippen LogP contribution in [0.3, 0.4) is 0 Å². The molecule has 0 fully saturated rings. The van der Waals surface area contributed by atoms with Gasteiger partial charge in [0.1, 0.15) is 18.3 Å². The quantitative estimate of drug-likeness (QED) is 0.588. The summed E-state index contributed by atoms with van der Waals surface area (Å²) in [5, 5.41) is 0. The van der Waals surface area contributed by atoms with E-state index in [0.717, 1.165) is 11.3 Å². The van der Waals surface area contributed by atoms with Crippen molar-refractivity contribution < 1.29 is 23.8 Å². The first-order chi connectivity index (χ1) is 13.6. The Kier molecular flexibility index (Phi) is 4.55. The lowest BCUT2D eigenvalue weighted by Crippen LogP contribution is -2.53. The first kappa shape index (κ1) is 18.1. The van der Waals surface area contributed by atoms with Crippen molar-refractivity contribution in [3.8, 4) is 5.75 Å². The molecule has 144 valence electrons. The van der Waals surface area contributed by atoms with E-state index in [9.17, 15) is 9.59 Å². The van der Waals surface area contributed by atoms with Gasteiger partial charge in [-0.15, -0.1) is 0 Å². The van der Waals surface area contributed by atoms with Gasteiger partial charge in [-0.1, -0.05) is 36.4 Å². The molecule has 0 saturated heterocycles. The van der Waals surface area contributed by atoms with Crippen LogP contribution in [0.25, 0.3) is 0 Å². The molecule has 2 atom stereocenters. The zero-order valence-electron chi connectivity index (χ0n) is 15.8. The van der Waals surface area contributed by atoms with Gasteiger partial charge in [0.15, 0.2) is 5.54 Å². The van der Waals surface area contributed by atoms with Crippen LogP contribution < -0.4 is 9.64 Å². The third kappa shape index (κ3) is 2.64. The molecule has 2 aromatic rings. The van der Waals surface area contributed by atoms with Crippen molar-refractivity contribution in [1.82, 2.24) is 0 Å². The average Bonchev–Trinajstić information content (AvgIpc) is 3.28. The highest BCUT2D eigenvalue weighted by Gasteiger charge is 2.61. The Labute approximate surface area is 163 Å². The Morgan fingerprint density at radius 1 is 1.11 bits per heavy atom. The largest absolute Gasteiger partial charge is 0.489 e. The summed E-state index contributed by atoms with van der Waals surface area (Å²) in [5.41, 5.74) is 1.33. The van der Waals surface area contributed by atoms with E-state index in [1.54, 1.807) is 6.08 Å². The Balaban J connectivity index is 1.71. The van der Waals surface area contributed by atoms with Crippen LogP contribution in [0.1, 0.15) is 17.0 Å². The Bertz CT molecular complexity index is 939. The minimum Gasteiger partial charge on any atom is -0.489 e. The summed E-state index contributed by atoms with van der Waals surface area (Å²) >= 11 is 0. The number of methoxy groups -OCH3 is 2. The second-order valence-electron chi connectivity index (χ2n) is 6.78. The SMILES string of the molecule is COC(=O)C1c2cc(OCc3ccccc3)ccc2N2CC=CC12C(=O)OC. The Morgan fingerprint density at radius 3 is 2.61 bits per heavy atom. The van der Waals surface area contributed by atoms with Crippen molar-refractivity contribution in [2.24, 2.45) is 0 Å². The minimum absolute atomic E-state index is 0.411. The zero-order valence-corrected chi connectivity index (χ0v) is 15.8. The standard InChI is InChI=1S/C22H21NO5/c1-26-20(24)19-17-13-16(28-14-15-7-4-3-5-8-15)9-10-18(17)23-12-6-11-22(19,23)21(25)27-2/h3-11,13,19H,12,14H2,1-2H3. The van der Waals surface area contributed by atoms with Gasteiger partial charge in [0.25, 0.3) is 0 Å². The van der Waals surface area contributed by atoms with Crippen LogP contribution in [-0.4, -0.2) is 38.2 Å². The Morgan fingerprint density at radius 2 is 1.89 bits per heavy atom. The summed E-state index contributed by atoms with van der Waals surface area (Å²) in [7, 11) is 2.65. The Hall–Kier alpha value is -3.28. The first-order valence-electron chi connectivity index (χ1n) is 9.04. The predicted molar refractivity (Wildman–Crippen MR) is 103 cm³/mol. The normalized spacial score (nSPS) is 21.8. The van der Waals surface area contributed by atoms with E-state index >= 15 is 0 Å². The number of hydrogen-bond donors (Lipinski definition) is 0. The van der Waals surface area contributed by atoms with Gasteiger partial charge < -0.3 is 19.1 Å². The van der Waals surface area contributed by atoms with Crippen LogP contribution in [0, 0.1) is 0 Å². The molecular weight excluding hydrogens is 358 g/mol. The molecule has 0 N–H and O–H groups in total. The van der Waals surface area contributed by atoms with Crippen LogP contribution in [0.15, 0.2) is 60.7 Å². The molecular formula is C22H21NO5. The topological polar surface area (TPSA) is 65.1 Å². The number of hydrogen-bond acceptors (Lipinski definition) is 6. The third-order valence-electron chi connectivity index (χ3n) is 5.35. The number of carbonyl (C=O) groups is 2. The van der Waals surface area contributed by atoms with Crippen molar-refractivity contribution in [1.29, 1.82) is 0 Å². The molecule has 0 radical (unpaired) electrons. The van der Waals surface area contributed by atoms with E-state index in [0.29, 0.717) is 24.5 Å². The summed E-state index contributed by atoms with van der Waals surface area (Å²) in [6.45, 7) is 0.925. The summed E-state index contributed by atoms with van der Waals surface area (Å²) in [4.78, 5) is 27.3. The van der Waals surface area contributed by atoms with Gasteiger partial charge in [-0.2, -0.15) is 0 Å². The molecule has 0 aliphatic carbocycles. The zero-order chi connectivity index (χ0) is 19.7. The van der Waals surface area contributed by atoms with E-state index in [2.05, 4.69) is 0 Å². The van der Waals surface area contributed by atoms with E-state index in [1.165, 1.54) is 14.2 Å². The summed E-state index contributed by atoms with van der Waals surface area (Å²) in [5.74, 6) is -1.17. The monoisotopic (exact) mass is 379 g/mol. The van der Waals surface area contributed by atoms with Gasteiger partial charge in [-0.25, -0.2) is 4.79 Å². The lowest BCUT2D eigenvalue weighted by molar-refractivity contribution is -0.153. The number of esters is 2. The number of nitrogens with zero attached hydrogens (tertiary/aromatic N) is 1. The predicted octanol–water partition coefficient (Wildman–Crippen LogP) is 2.82. The molecule has 2 unspecified atom stereocenters. The third-order valence-corrected chi connectivity index (χ3v) is 5.35. The smallest absolute Gasteiger partial charge is 0.337 e. The van der Waals surface area contributed by atoms with Crippen molar-refractivity contribution in [3.05, 3.63) is 71.8 Å². The highest BCUT2D eigenvalue weighted by molar-refractivity contribution is 6.02. The van der Waals surface area contributed by atoms with Crippen LogP contribution in [0.2, 0.25) is 0 Å². The maximum absolute atomic E-state index is 12.8. The van der Waals surface area contributed by atoms with Crippen molar-refractivity contribution >= 4 is 17.6 Å².